The first-order chi connectivity index (χ1) is 20.1. The minimum atomic E-state index is -0.459. The van der Waals surface area contributed by atoms with Crippen LogP contribution >= 0.6 is 0 Å². The van der Waals surface area contributed by atoms with Gasteiger partial charge in [-0.15, -0.1) is 0 Å². The minimum Gasteiger partial charge on any atom is -0.355 e. The lowest BCUT2D eigenvalue weighted by Gasteiger charge is -2.44. The summed E-state index contributed by atoms with van der Waals surface area (Å²) in [4.78, 5) is 6.72. The fraction of sp³-hybridized carbons (Fsp3) is 0.538. The molecule has 4 heteroatoms. The fourth-order valence-electron chi connectivity index (χ4n) is 9.21. The maximum atomic E-state index is 7.05. The van der Waals surface area contributed by atoms with E-state index in [9.17, 15) is 0 Å². The smallest absolute Gasteiger partial charge is 0.145 e. The van der Waals surface area contributed by atoms with Crippen LogP contribution in [0.2, 0.25) is 0 Å². The quantitative estimate of drug-likeness (QED) is 0.215. The van der Waals surface area contributed by atoms with Crippen molar-refractivity contribution in [1.29, 1.82) is 0 Å². The van der Waals surface area contributed by atoms with Gasteiger partial charge in [0.15, 0.2) is 0 Å². The van der Waals surface area contributed by atoms with Crippen molar-refractivity contribution in [3.8, 4) is 0 Å². The summed E-state index contributed by atoms with van der Waals surface area (Å²) in [5.41, 5.74) is 19.0. The summed E-state index contributed by atoms with van der Waals surface area (Å²) in [6.07, 6.45) is 1.16. The molecule has 1 fully saturated rings. The van der Waals surface area contributed by atoms with Crippen molar-refractivity contribution in [2.45, 2.75) is 114 Å². The highest BCUT2D eigenvalue weighted by Crippen LogP contribution is 2.56. The Balaban J connectivity index is 1.87. The zero-order chi connectivity index (χ0) is 31.2. The molecule has 228 valence electrons. The van der Waals surface area contributed by atoms with Gasteiger partial charge in [0.05, 0.1) is 28.7 Å². The lowest BCUT2D eigenvalue weighted by atomic mass is 9.85. The van der Waals surface area contributed by atoms with Gasteiger partial charge in [0.25, 0.3) is 0 Å². The highest BCUT2D eigenvalue weighted by molar-refractivity contribution is 6.27. The molecule has 0 spiro atoms. The first-order valence-corrected chi connectivity index (χ1v) is 16.5. The number of benzene rings is 3. The molecular weight excluding hydrogens is 526 g/mol. The molecule has 0 saturated carbocycles. The maximum Gasteiger partial charge on any atom is 0.145 e. The van der Waals surface area contributed by atoms with Crippen molar-refractivity contribution in [2.75, 3.05) is 13.7 Å². The summed E-state index contributed by atoms with van der Waals surface area (Å²) in [5.74, 6) is 0.933. The van der Waals surface area contributed by atoms with E-state index in [1.54, 1.807) is 0 Å². The van der Waals surface area contributed by atoms with E-state index in [-0.39, 0.29) is 0 Å². The lowest BCUT2D eigenvalue weighted by Crippen LogP contribution is -2.45. The van der Waals surface area contributed by atoms with Gasteiger partial charge in [-0.25, -0.2) is 0 Å². The van der Waals surface area contributed by atoms with Crippen LogP contribution in [0.3, 0.4) is 0 Å². The second-order valence-corrected chi connectivity index (χ2v) is 14.9. The predicted molar refractivity (Wildman–Crippen MR) is 184 cm³/mol. The number of nitrogens with zero attached hydrogens (tertiary/aromatic N) is 2. The van der Waals surface area contributed by atoms with Gasteiger partial charge >= 0.3 is 0 Å². The van der Waals surface area contributed by atoms with Crippen LogP contribution in [0.15, 0.2) is 0 Å². The van der Waals surface area contributed by atoms with Crippen molar-refractivity contribution in [3.05, 3.63) is 55.6 Å². The number of H-pyrrole nitrogens is 1. The molecule has 2 aliphatic heterocycles. The summed E-state index contributed by atoms with van der Waals surface area (Å²) in [5, 5.41) is 5.71. The molecule has 5 atom stereocenters. The van der Waals surface area contributed by atoms with Gasteiger partial charge in [0.2, 0.25) is 0 Å². The van der Waals surface area contributed by atoms with E-state index in [1.807, 2.05) is 0 Å². The molecule has 1 N–H and O–H groups in total. The van der Waals surface area contributed by atoms with Crippen LogP contribution in [0, 0.1) is 67.2 Å². The highest BCUT2D eigenvalue weighted by atomic mass is 16.5. The van der Waals surface area contributed by atoms with Gasteiger partial charge in [-0.3, -0.25) is 4.90 Å². The number of ether oxygens (including phenoxy) is 1. The van der Waals surface area contributed by atoms with Crippen LogP contribution in [0.1, 0.15) is 109 Å². The zero-order valence-corrected chi connectivity index (χ0v) is 29.0. The average molecular weight is 578 g/mol. The van der Waals surface area contributed by atoms with Crippen LogP contribution in [-0.2, 0) is 10.5 Å². The molecule has 4 heterocycles. The Bertz CT molecular complexity index is 2040. The molecular formula is C39H51N3O. The summed E-state index contributed by atoms with van der Waals surface area (Å²) < 4.78 is 9.73. The third-order valence-corrected chi connectivity index (χ3v) is 12.9. The van der Waals surface area contributed by atoms with Gasteiger partial charge in [-0.1, -0.05) is 13.8 Å². The Morgan fingerprint density at radius 2 is 1.16 bits per heavy atom. The second-order valence-electron chi connectivity index (χ2n) is 14.9. The van der Waals surface area contributed by atoms with Gasteiger partial charge in [0.1, 0.15) is 5.72 Å². The number of aromatic amines is 1. The topological polar surface area (TPSA) is 33.2 Å². The van der Waals surface area contributed by atoms with Crippen LogP contribution in [-0.4, -0.2) is 28.1 Å². The van der Waals surface area contributed by atoms with Gasteiger partial charge in [-0.05, 0) is 151 Å². The standard InChI is InChI=1S/C39H51N3O/c1-17-15-18(2)39(13,43-16-17)42-37-26(10)22(6)20(4)24(8)30(37)34-32-28(12)41(14)27(11)31(32)33-29-23(7)19(3)21(5)25(9)35(29)40-36(33)38(34)42/h17-18,27-28,40H,15-16H2,1-14H3. The number of nitrogens with one attached hydrogen (secondary N) is 1. The molecule has 0 amide bonds. The molecule has 4 nitrogen and oxygen atoms in total. The molecule has 0 bridgehead atoms. The summed E-state index contributed by atoms with van der Waals surface area (Å²) in [6, 6.07) is 0.637. The Labute approximate surface area is 257 Å². The number of hydrogen-bond acceptors (Lipinski definition) is 2. The predicted octanol–water partition coefficient (Wildman–Crippen LogP) is 10.3. The van der Waals surface area contributed by atoms with E-state index in [1.165, 1.54) is 99.2 Å². The van der Waals surface area contributed by atoms with Crippen LogP contribution in [0.25, 0.3) is 43.6 Å². The van der Waals surface area contributed by atoms with Crippen LogP contribution < -0.4 is 0 Å². The van der Waals surface area contributed by atoms with Gasteiger partial charge < -0.3 is 14.3 Å². The van der Waals surface area contributed by atoms with Crippen molar-refractivity contribution in [1.82, 2.24) is 14.5 Å². The zero-order valence-electron chi connectivity index (χ0n) is 29.0. The van der Waals surface area contributed by atoms with Crippen molar-refractivity contribution in [2.24, 2.45) is 11.8 Å². The van der Waals surface area contributed by atoms with Gasteiger partial charge in [-0.2, -0.15) is 0 Å². The first kappa shape index (κ1) is 28.9. The molecule has 1 saturated heterocycles. The van der Waals surface area contributed by atoms with E-state index in [0.717, 1.165) is 13.0 Å². The number of hydrogen-bond donors (Lipinski definition) is 1. The number of aryl methyl sites for hydroxylation is 4. The third kappa shape index (κ3) is 3.35. The molecule has 0 aliphatic carbocycles. The number of rotatable bonds is 1. The van der Waals surface area contributed by atoms with E-state index in [0.29, 0.717) is 23.9 Å². The first-order valence-electron chi connectivity index (χ1n) is 16.5. The second kappa shape index (κ2) is 9.11. The Morgan fingerprint density at radius 3 is 1.77 bits per heavy atom. The van der Waals surface area contributed by atoms with E-state index < -0.39 is 5.72 Å². The molecule has 3 aromatic carbocycles. The fourth-order valence-corrected chi connectivity index (χ4v) is 9.21. The largest absolute Gasteiger partial charge is 0.355 e. The molecule has 0 radical (unpaired) electrons. The molecule has 2 aliphatic rings. The molecule has 2 aromatic heterocycles. The molecule has 5 aromatic rings. The number of fused-ring (bicyclic) bond motifs is 10. The third-order valence-electron chi connectivity index (χ3n) is 12.9. The minimum absolute atomic E-state index is 0.313. The Hall–Kier alpha value is -2.82. The Morgan fingerprint density at radius 1 is 0.628 bits per heavy atom. The molecule has 7 rings (SSSR count). The van der Waals surface area contributed by atoms with Gasteiger partial charge in [0, 0.05) is 39.5 Å². The van der Waals surface area contributed by atoms with Crippen LogP contribution in [0.5, 0.6) is 0 Å². The summed E-state index contributed by atoms with van der Waals surface area (Å²) in [6.45, 7) is 31.3. The van der Waals surface area contributed by atoms with E-state index in [2.05, 4.69) is 112 Å². The molecule has 43 heavy (non-hydrogen) atoms. The lowest BCUT2D eigenvalue weighted by molar-refractivity contribution is -0.170. The monoisotopic (exact) mass is 577 g/mol. The Kier molecular flexibility index (Phi) is 6.13. The van der Waals surface area contributed by atoms with E-state index >= 15 is 0 Å². The number of aromatic nitrogens is 2. The molecule has 5 unspecified atom stereocenters. The highest BCUT2D eigenvalue weighted by Gasteiger charge is 2.45. The van der Waals surface area contributed by atoms with Crippen molar-refractivity contribution < 1.29 is 4.74 Å². The van der Waals surface area contributed by atoms with Crippen LogP contribution in [0.4, 0.5) is 0 Å². The summed E-state index contributed by atoms with van der Waals surface area (Å²) >= 11 is 0. The SMILES string of the molecule is Cc1c(C)c(C)c2c([nH]c3c2c2c(c4c5c(C)c(C)c(C)c(C)c5n(C5(C)OCC(C)CC5C)c34)C(C)N(C)C2C)c1C. The van der Waals surface area contributed by atoms with Crippen molar-refractivity contribution in [3.63, 3.8) is 0 Å². The van der Waals surface area contributed by atoms with Crippen molar-refractivity contribution >= 4 is 43.6 Å². The normalized spacial score (nSPS) is 26.6. The van der Waals surface area contributed by atoms with E-state index in [4.69, 9.17) is 4.74 Å². The summed E-state index contributed by atoms with van der Waals surface area (Å²) in [7, 11) is 2.32. The average Bonchev–Trinajstić information content (AvgIpc) is 3.60. The maximum absolute atomic E-state index is 7.05.